The van der Waals surface area contributed by atoms with Gasteiger partial charge in [0.15, 0.2) is 10.4 Å². The van der Waals surface area contributed by atoms with Gasteiger partial charge in [-0.15, -0.1) is 0 Å². The van der Waals surface area contributed by atoms with Gasteiger partial charge in [0.25, 0.3) is 10.0 Å². The number of hydrogen-bond donors (Lipinski definition) is 1. The van der Waals surface area contributed by atoms with Crippen molar-refractivity contribution in [2.75, 3.05) is 4.72 Å². The Labute approximate surface area is 130 Å². The summed E-state index contributed by atoms with van der Waals surface area (Å²) in [6.07, 6.45) is 2.67. The third-order valence-corrected chi connectivity index (χ3v) is 4.78. The number of halogens is 3. The van der Waals surface area contributed by atoms with Crippen molar-refractivity contribution in [2.45, 2.75) is 5.03 Å². The molecule has 11 heteroatoms. The molecule has 2 aromatic heterocycles. The van der Waals surface area contributed by atoms with Crippen LogP contribution in [0.25, 0.3) is 0 Å². The van der Waals surface area contributed by atoms with E-state index in [0.717, 1.165) is 0 Å². The van der Waals surface area contributed by atoms with Gasteiger partial charge in [0.2, 0.25) is 5.03 Å². The number of aryl methyl sites for hydroxylation is 1. The Balaban J connectivity index is 2.39. The zero-order chi connectivity index (χ0) is 14.2. The molecular weight excluding hydrogens is 425 g/mol. The lowest BCUT2D eigenvalue weighted by molar-refractivity contribution is 0.598. The highest BCUT2D eigenvalue weighted by atomic mass is 79.9. The largest absolute Gasteiger partial charge is 0.324 e. The van der Waals surface area contributed by atoms with Crippen LogP contribution < -0.4 is 4.72 Å². The molecule has 0 aromatic carbocycles. The predicted octanol–water partition coefficient (Wildman–Crippen LogP) is 2.19. The van der Waals surface area contributed by atoms with E-state index in [4.69, 9.17) is 11.6 Å². The number of anilines is 1. The maximum absolute atomic E-state index is 12.1. The highest BCUT2D eigenvalue weighted by molar-refractivity contribution is 9.11. The molecule has 1 N–H and O–H groups in total. The quantitative estimate of drug-likeness (QED) is 0.805. The summed E-state index contributed by atoms with van der Waals surface area (Å²) < 4.78 is 28.6. The van der Waals surface area contributed by atoms with Crippen LogP contribution >= 0.6 is 43.5 Å². The minimum Gasteiger partial charge on any atom is -0.324 e. The lowest BCUT2D eigenvalue weighted by Gasteiger charge is -2.06. The number of hydrogen-bond acceptors (Lipinski definition) is 5. The zero-order valence-corrected chi connectivity index (χ0v) is 14.0. The van der Waals surface area contributed by atoms with E-state index < -0.39 is 10.0 Å². The molecule has 0 amide bonds. The van der Waals surface area contributed by atoms with E-state index in [1.165, 1.54) is 17.1 Å². The van der Waals surface area contributed by atoms with Gasteiger partial charge in [-0.25, -0.2) is 15.0 Å². The van der Waals surface area contributed by atoms with Crippen molar-refractivity contribution in [2.24, 2.45) is 7.05 Å². The van der Waals surface area contributed by atoms with Gasteiger partial charge in [-0.05, 0) is 31.9 Å². The van der Waals surface area contributed by atoms with Crippen LogP contribution in [0.4, 0.5) is 5.82 Å². The molecule has 0 aliphatic heterocycles. The summed E-state index contributed by atoms with van der Waals surface area (Å²) in [5.74, 6) is 0.0462. The van der Waals surface area contributed by atoms with E-state index >= 15 is 0 Å². The zero-order valence-electron chi connectivity index (χ0n) is 9.30. The van der Waals surface area contributed by atoms with E-state index in [1.807, 2.05) is 0 Å². The Morgan fingerprint density at radius 2 is 2.05 bits per heavy atom. The van der Waals surface area contributed by atoms with Gasteiger partial charge in [0.05, 0.1) is 12.5 Å². The van der Waals surface area contributed by atoms with Gasteiger partial charge in [-0.3, -0.25) is 4.72 Å². The van der Waals surface area contributed by atoms with E-state index in [2.05, 4.69) is 51.5 Å². The number of nitrogens with zero attached hydrogens (tertiary/aromatic N) is 4. The van der Waals surface area contributed by atoms with Crippen molar-refractivity contribution in [1.29, 1.82) is 0 Å². The normalized spacial score (nSPS) is 11.6. The molecule has 2 aromatic rings. The first kappa shape index (κ1) is 14.7. The van der Waals surface area contributed by atoms with Crippen LogP contribution in [0, 0.1) is 0 Å². The molecule has 0 unspecified atom stereocenters. The topological polar surface area (TPSA) is 89.8 Å². The smallest absolute Gasteiger partial charge is 0.283 e. The van der Waals surface area contributed by atoms with Crippen molar-refractivity contribution in [3.63, 3.8) is 0 Å². The monoisotopic (exact) mass is 429 g/mol. The molecule has 0 aliphatic carbocycles. The summed E-state index contributed by atoms with van der Waals surface area (Å²) >= 11 is 12.1. The molecule has 7 nitrogen and oxygen atoms in total. The maximum atomic E-state index is 12.1. The van der Waals surface area contributed by atoms with E-state index in [-0.39, 0.29) is 20.6 Å². The second-order valence-corrected chi connectivity index (χ2v) is 6.91. The van der Waals surface area contributed by atoms with Crippen molar-refractivity contribution in [1.82, 2.24) is 19.5 Å². The Hall–Kier alpha value is -0.710. The SMILES string of the molecule is Cn1cnc(S(=O)(=O)Nc2ncc(Br)nc2Br)c1Cl. The number of sulfonamides is 1. The van der Waals surface area contributed by atoms with Crippen LogP contribution in [0.15, 0.2) is 26.8 Å². The number of imidazole rings is 1. The molecule has 102 valence electrons. The third-order valence-electron chi connectivity index (χ3n) is 2.02. The van der Waals surface area contributed by atoms with Crippen molar-refractivity contribution >= 4 is 59.3 Å². The number of aromatic nitrogens is 4. The fraction of sp³-hybridized carbons (Fsp3) is 0.125. The van der Waals surface area contributed by atoms with Crippen LogP contribution in [0.2, 0.25) is 5.15 Å². The van der Waals surface area contributed by atoms with Gasteiger partial charge < -0.3 is 4.57 Å². The second-order valence-electron chi connectivity index (χ2n) is 3.39. The maximum Gasteiger partial charge on any atom is 0.283 e. The second kappa shape index (κ2) is 5.35. The number of nitrogens with one attached hydrogen (secondary N) is 1. The van der Waals surface area contributed by atoms with Crippen LogP contribution in [-0.4, -0.2) is 27.9 Å². The standard InChI is InChI=1S/C8H6Br2ClN5O2S/c1-16-3-13-8(6(16)11)19(17,18)15-7-5(10)14-4(9)2-12-7/h2-3H,1H3,(H,12,15). The van der Waals surface area contributed by atoms with Gasteiger partial charge in [-0.1, -0.05) is 11.6 Å². The Bertz CT molecular complexity index is 733. The summed E-state index contributed by atoms with van der Waals surface area (Å²) in [7, 11) is -2.33. The lowest BCUT2D eigenvalue weighted by Crippen LogP contribution is -2.15. The summed E-state index contributed by atoms with van der Waals surface area (Å²) in [6, 6.07) is 0. The minimum atomic E-state index is -3.92. The number of rotatable bonds is 3. The summed E-state index contributed by atoms with van der Waals surface area (Å²) in [5, 5.41) is -0.262. The van der Waals surface area contributed by atoms with Crippen molar-refractivity contribution in [3.8, 4) is 0 Å². The van der Waals surface area contributed by atoms with Gasteiger partial charge in [-0.2, -0.15) is 8.42 Å². The first-order chi connectivity index (χ1) is 8.81. The lowest BCUT2D eigenvalue weighted by atomic mass is 10.7. The first-order valence-corrected chi connectivity index (χ1v) is 8.13. The van der Waals surface area contributed by atoms with E-state index in [1.54, 1.807) is 7.05 Å². The molecular formula is C8H6Br2ClN5O2S. The molecule has 0 radical (unpaired) electrons. The molecule has 2 heterocycles. The average Bonchev–Trinajstić information content (AvgIpc) is 2.64. The fourth-order valence-electron chi connectivity index (χ4n) is 1.16. The molecule has 0 saturated heterocycles. The van der Waals surface area contributed by atoms with Gasteiger partial charge in [0, 0.05) is 7.05 Å². The van der Waals surface area contributed by atoms with E-state index in [9.17, 15) is 8.42 Å². The summed E-state index contributed by atoms with van der Waals surface area (Å²) in [6.45, 7) is 0. The fourth-order valence-corrected chi connectivity index (χ4v) is 3.66. The Morgan fingerprint density at radius 1 is 1.37 bits per heavy atom. The molecule has 0 fully saturated rings. The van der Waals surface area contributed by atoms with Crippen molar-refractivity contribution < 1.29 is 8.42 Å². The third kappa shape index (κ3) is 3.07. The Kier molecular flexibility index (Phi) is 4.14. The molecule has 2 rings (SSSR count). The van der Waals surface area contributed by atoms with Crippen molar-refractivity contribution in [3.05, 3.63) is 26.9 Å². The first-order valence-electron chi connectivity index (χ1n) is 4.69. The van der Waals surface area contributed by atoms with Gasteiger partial charge >= 0.3 is 0 Å². The van der Waals surface area contributed by atoms with Crippen LogP contribution in [-0.2, 0) is 17.1 Å². The average molecular weight is 431 g/mol. The molecule has 0 aliphatic rings. The predicted molar refractivity (Wildman–Crippen MR) is 76.5 cm³/mol. The molecule has 0 atom stereocenters. The summed E-state index contributed by atoms with van der Waals surface area (Å²) in [5.41, 5.74) is 0. The van der Waals surface area contributed by atoms with Crippen LogP contribution in [0.1, 0.15) is 0 Å². The Morgan fingerprint density at radius 3 is 2.58 bits per heavy atom. The molecule has 0 bridgehead atoms. The molecule has 0 saturated carbocycles. The highest BCUT2D eigenvalue weighted by Crippen LogP contribution is 2.24. The van der Waals surface area contributed by atoms with Crippen LogP contribution in [0.3, 0.4) is 0 Å². The van der Waals surface area contributed by atoms with E-state index in [0.29, 0.717) is 4.60 Å². The summed E-state index contributed by atoms with van der Waals surface area (Å²) in [4.78, 5) is 11.6. The minimum absolute atomic E-state index is 0.00805. The molecule has 0 spiro atoms. The van der Waals surface area contributed by atoms with Gasteiger partial charge in [0.1, 0.15) is 9.76 Å². The van der Waals surface area contributed by atoms with Crippen LogP contribution in [0.5, 0.6) is 0 Å². The highest BCUT2D eigenvalue weighted by Gasteiger charge is 2.24. The molecule has 19 heavy (non-hydrogen) atoms.